The molecule has 0 saturated carbocycles. The minimum Gasteiger partial charge on any atom is -0.387 e. The van der Waals surface area contributed by atoms with Gasteiger partial charge >= 0.3 is 0 Å². The Hall–Kier alpha value is -2.95. The molecular formula is C24H30F2N6O2. The van der Waals surface area contributed by atoms with Gasteiger partial charge in [0.15, 0.2) is 11.6 Å². The van der Waals surface area contributed by atoms with Crippen molar-refractivity contribution >= 4 is 22.7 Å². The average Bonchev–Trinajstić information content (AvgIpc) is 2.80. The predicted octanol–water partition coefficient (Wildman–Crippen LogP) is 2.86. The van der Waals surface area contributed by atoms with Gasteiger partial charge in [0, 0.05) is 50.9 Å². The van der Waals surface area contributed by atoms with Crippen molar-refractivity contribution in [3.63, 3.8) is 0 Å². The summed E-state index contributed by atoms with van der Waals surface area (Å²) in [6.07, 6.45) is 0.387. The Labute approximate surface area is 197 Å². The van der Waals surface area contributed by atoms with Crippen molar-refractivity contribution in [1.82, 2.24) is 19.9 Å². The number of fused-ring (bicyclic) bond motifs is 1. The second-order valence-electron chi connectivity index (χ2n) is 9.08. The summed E-state index contributed by atoms with van der Waals surface area (Å²) in [5.74, 6) is 0.225. The van der Waals surface area contributed by atoms with Crippen LogP contribution in [0.2, 0.25) is 0 Å². The normalized spacial score (nSPS) is 16.1. The molecule has 182 valence electrons. The van der Waals surface area contributed by atoms with Crippen molar-refractivity contribution in [2.24, 2.45) is 0 Å². The molecule has 1 atom stereocenters. The van der Waals surface area contributed by atoms with Crippen molar-refractivity contribution in [1.29, 1.82) is 0 Å². The van der Waals surface area contributed by atoms with Gasteiger partial charge in [0.1, 0.15) is 23.3 Å². The number of hydrogen-bond acceptors (Lipinski definition) is 8. The lowest BCUT2D eigenvalue weighted by atomic mass is 9.98. The second kappa shape index (κ2) is 9.73. The number of benzene rings is 1. The maximum atomic E-state index is 14.1. The topological polar surface area (TPSA) is 97.6 Å². The summed E-state index contributed by atoms with van der Waals surface area (Å²) < 4.78 is 27.2. The Morgan fingerprint density at radius 1 is 1.09 bits per heavy atom. The van der Waals surface area contributed by atoms with Gasteiger partial charge in [-0.25, -0.2) is 18.7 Å². The molecule has 34 heavy (non-hydrogen) atoms. The fourth-order valence-corrected chi connectivity index (χ4v) is 3.99. The molecule has 4 rings (SSSR count). The Morgan fingerprint density at radius 2 is 1.82 bits per heavy atom. The lowest BCUT2D eigenvalue weighted by Gasteiger charge is -2.36. The summed E-state index contributed by atoms with van der Waals surface area (Å²) in [6, 6.07) is 5.33. The molecule has 0 aliphatic carbocycles. The van der Waals surface area contributed by atoms with Crippen LogP contribution in [0.4, 0.5) is 20.4 Å². The molecule has 0 bridgehead atoms. The summed E-state index contributed by atoms with van der Waals surface area (Å²) in [4.78, 5) is 18.0. The van der Waals surface area contributed by atoms with Gasteiger partial charge in [-0.05, 0) is 32.9 Å². The van der Waals surface area contributed by atoms with Crippen molar-refractivity contribution < 1.29 is 19.0 Å². The minimum absolute atomic E-state index is 0.322. The quantitative estimate of drug-likeness (QED) is 0.483. The smallest absolute Gasteiger partial charge is 0.172 e. The molecule has 3 aromatic rings. The van der Waals surface area contributed by atoms with E-state index >= 15 is 0 Å². The Kier molecular flexibility index (Phi) is 6.92. The molecule has 1 saturated heterocycles. The molecule has 1 aliphatic rings. The van der Waals surface area contributed by atoms with Crippen molar-refractivity contribution in [2.75, 3.05) is 42.9 Å². The first-order chi connectivity index (χ1) is 16.2. The van der Waals surface area contributed by atoms with Gasteiger partial charge in [0.25, 0.3) is 0 Å². The molecule has 1 unspecified atom stereocenters. The molecule has 2 aromatic heterocycles. The molecule has 0 spiro atoms. The molecule has 0 amide bonds. The zero-order valence-electron chi connectivity index (χ0n) is 19.6. The van der Waals surface area contributed by atoms with E-state index in [9.17, 15) is 19.0 Å². The average molecular weight is 473 g/mol. The van der Waals surface area contributed by atoms with E-state index in [2.05, 4.69) is 25.1 Å². The molecule has 0 radical (unpaired) electrons. The van der Waals surface area contributed by atoms with Crippen molar-refractivity contribution in [3.8, 4) is 0 Å². The third kappa shape index (κ3) is 5.24. The van der Waals surface area contributed by atoms with Crippen LogP contribution in [-0.4, -0.2) is 68.4 Å². The molecule has 1 aromatic carbocycles. The summed E-state index contributed by atoms with van der Waals surface area (Å²) in [7, 11) is 0. The van der Waals surface area contributed by atoms with Gasteiger partial charge in [-0.1, -0.05) is 6.07 Å². The van der Waals surface area contributed by atoms with Crippen LogP contribution in [0.1, 0.15) is 38.1 Å². The highest BCUT2D eigenvalue weighted by Crippen LogP contribution is 2.29. The minimum atomic E-state index is -1.35. The van der Waals surface area contributed by atoms with Crippen LogP contribution >= 0.6 is 0 Å². The van der Waals surface area contributed by atoms with Crippen molar-refractivity contribution in [2.45, 2.75) is 39.0 Å². The van der Waals surface area contributed by atoms with Crippen LogP contribution in [0.3, 0.4) is 0 Å². The lowest BCUT2D eigenvalue weighted by Crippen LogP contribution is -2.46. The van der Waals surface area contributed by atoms with E-state index in [1.54, 1.807) is 12.3 Å². The van der Waals surface area contributed by atoms with Crippen LogP contribution < -0.4 is 10.2 Å². The summed E-state index contributed by atoms with van der Waals surface area (Å²) in [5, 5.41) is 23.8. The van der Waals surface area contributed by atoms with Gasteiger partial charge < -0.3 is 20.4 Å². The fourth-order valence-electron chi connectivity index (χ4n) is 3.99. The van der Waals surface area contributed by atoms with E-state index in [1.807, 2.05) is 6.92 Å². The Bertz CT molecular complexity index is 1160. The van der Waals surface area contributed by atoms with Crippen LogP contribution in [0, 0.1) is 11.6 Å². The van der Waals surface area contributed by atoms with Gasteiger partial charge in [0.05, 0.1) is 23.0 Å². The highest BCUT2D eigenvalue weighted by Gasteiger charge is 2.28. The second-order valence-corrected chi connectivity index (χ2v) is 9.08. The van der Waals surface area contributed by atoms with Crippen LogP contribution in [-0.2, 0) is 6.54 Å². The molecule has 3 heterocycles. The predicted molar refractivity (Wildman–Crippen MR) is 127 cm³/mol. The Balaban J connectivity index is 1.55. The van der Waals surface area contributed by atoms with Gasteiger partial charge in [0.2, 0.25) is 0 Å². The number of aromatic nitrogens is 3. The Morgan fingerprint density at radius 3 is 2.47 bits per heavy atom. The molecule has 1 aliphatic heterocycles. The summed E-state index contributed by atoms with van der Waals surface area (Å²) in [5.41, 5.74) is 0.597. The summed E-state index contributed by atoms with van der Waals surface area (Å²) in [6.45, 7) is 8.77. The largest absolute Gasteiger partial charge is 0.387 e. The number of nitrogens with zero attached hydrogens (tertiary/aromatic N) is 5. The highest BCUT2D eigenvalue weighted by atomic mass is 19.1. The number of nitrogens with one attached hydrogen (secondary N) is 1. The van der Waals surface area contributed by atoms with E-state index in [-0.39, 0.29) is 0 Å². The number of piperazine rings is 1. The number of aliphatic hydroxyl groups excluding tert-OH is 1. The first-order valence-electron chi connectivity index (χ1n) is 11.4. The molecule has 8 nitrogen and oxygen atoms in total. The van der Waals surface area contributed by atoms with E-state index < -0.39 is 23.3 Å². The van der Waals surface area contributed by atoms with Crippen LogP contribution in [0.15, 0.2) is 30.5 Å². The van der Waals surface area contributed by atoms with E-state index in [0.717, 1.165) is 6.07 Å². The zero-order valence-corrected chi connectivity index (χ0v) is 19.6. The number of aliphatic hydroxyl groups is 2. The van der Waals surface area contributed by atoms with E-state index in [4.69, 9.17) is 4.98 Å². The maximum absolute atomic E-state index is 14.1. The summed E-state index contributed by atoms with van der Waals surface area (Å²) >= 11 is 0. The first kappa shape index (κ1) is 24.2. The van der Waals surface area contributed by atoms with Crippen LogP contribution in [0.5, 0.6) is 0 Å². The maximum Gasteiger partial charge on any atom is 0.172 e. The van der Waals surface area contributed by atoms with E-state index in [0.29, 0.717) is 73.2 Å². The number of hydrogen-bond donors (Lipinski definition) is 3. The van der Waals surface area contributed by atoms with Crippen molar-refractivity contribution in [3.05, 3.63) is 53.4 Å². The van der Waals surface area contributed by atoms with Gasteiger partial charge in [-0.2, -0.15) is 0 Å². The fraction of sp³-hybridized carbons (Fsp3) is 0.458. The van der Waals surface area contributed by atoms with Gasteiger partial charge in [-0.15, -0.1) is 0 Å². The third-order valence-electron chi connectivity index (χ3n) is 5.93. The standard InChI is InChI=1S/C24H30F2N6O2/c1-4-27-22-23(30-18-12-19(21(33)24(2,3)34)28-13-20(18)29-22)32-9-7-31(8-10-32)14-15-5-6-16(25)11-17(15)26/h5-6,11-13,21,33-34H,4,7-10,14H2,1-3H3,(H,27,29). The molecule has 1 fully saturated rings. The number of rotatable bonds is 7. The zero-order chi connectivity index (χ0) is 24.5. The van der Waals surface area contributed by atoms with Gasteiger partial charge in [-0.3, -0.25) is 9.88 Å². The van der Waals surface area contributed by atoms with Crippen LogP contribution in [0.25, 0.3) is 11.0 Å². The SMILES string of the molecule is CCNc1nc2cnc(C(O)C(C)(C)O)cc2nc1N1CCN(Cc2ccc(F)cc2F)CC1. The molecule has 3 N–H and O–H groups in total. The molecule has 10 heteroatoms. The number of halogens is 2. The van der Waals surface area contributed by atoms with E-state index in [1.165, 1.54) is 26.0 Å². The highest BCUT2D eigenvalue weighted by molar-refractivity contribution is 5.80. The lowest BCUT2D eigenvalue weighted by molar-refractivity contribution is -0.0516. The molecular weight excluding hydrogens is 442 g/mol. The first-order valence-corrected chi connectivity index (χ1v) is 11.4. The number of pyridine rings is 1. The monoisotopic (exact) mass is 472 g/mol. The number of anilines is 2. The third-order valence-corrected chi connectivity index (χ3v) is 5.93.